The van der Waals surface area contributed by atoms with E-state index in [1.165, 1.54) is 6.08 Å². The van der Waals surface area contributed by atoms with Crippen molar-refractivity contribution in [2.45, 2.75) is 13.5 Å². The van der Waals surface area contributed by atoms with Gasteiger partial charge in [-0.1, -0.05) is 17.7 Å². The minimum atomic E-state index is -0.203. The molecule has 1 aromatic heterocycles. The quantitative estimate of drug-likeness (QED) is 0.860. The van der Waals surface area contributed by atoms with Gasteiger partial charge in [0.25, 0.3) is 0 Å². The minimum absolute atomic E-state index is 0.203. The average Bonchev–Trinajstić information content (AvgIpc) is 2.51. The molecule has 0 atom stereocenters. The summed E-state index contributed by atoms with van der Waals surface area (Å²) in [5.74, 6) is 0.458. The van der Waals surface area contributed by atoms with Crippen LogP contribution >= 0.6 is 11.6 Å². The van der Waals surface area contributed by atoms with Gasteiger partial charge in [-0.2, -0.15) is 0 Å². The van der Waals surface area contributed by atoms with Crippen LogP contribution in [0.25, 0.3) is 6.08 Å². The number of methoxy groups -OCH3 is 1. The molecule has 1 heterocycles. The number of aromatic nitrogens is 1. The zero-order valence-electron chi connectivity index (χ0n) is 12.5. The van der Waals surface area contributed by atoms with E-state index in [1.54, 1.807) is 31.4 Å². The Kier molecular flexibility index (Phi) is 5.55. The second kappa shape index (κ2) is 7.61. The van der Waals surface area contributed by atoms with E-state index in [9.17, 15) is 4.79 Å². The highest BCUT2D eigenvalue weighted by Crippen LogP contribution is 2.23. The molecule has 0 unspecified atom stereocenters. The highest BCUT2D eigenvalue weighted by Gasteiger charge is 2.02. The van der Waals surface area contributed by atoms with E-state index in [0.29, 0.717) is 17.3 Å². The number of hydrogen-bond acceptors (Lipinski definition) is 3. The fraction of sp³-hybridized carbons (Fsp3) is 0.176. The van der Waals surface area contributed by atoms with Crippen LogP contribution in [-0.2, 0) is 11.3 Å². The Morgan fingerprint density at radius 1 is 1.36 bits per heavy atom. The average molecular weight is 317 g/mol. The van der Waals surface area contributed by atoms with E-state index in [0.717, 1.165) is 17.0 Å². The standard InChI is InChI=1S/C17H17ClN2O2/c1-12-4-3-5-15(20-12)11-19-17(21)9-6-13-10-14(18)7-8-16(13)22-2/h3-10H,11H2,1-2H3,(H,19,21). The lowest BCUT2D eigenvalue weighted by Crippen LogP contribution is -2.20. The first-order chi connectivity index (χ1) is 10.6. The molecule has 22 heavy (non-hydrogen) atoms. The second-order valence-electron chi connectivity index (χ2n) is 4.71. The van der Waals surface area contributed by atoms with Crippen molar-refractivity contribution in [2.24, 2.45) is 0 Å². The summed E-state index contributed by atoms with van der Waals surface area (Å²) in [5, 5.41) is 3.37. The summed E-state index contributed by atoms with van der Waals surface area (Å²) < 4.78 is 5.22. The third kappa shape index (κ3) is 4.60. The molecule has 0 fully saturated rings. The maximum Gasteiger partial charge on any atom is 0.244 e. The Morgan fingerprint density at radius 3 is 2.91 bits per heavy atom. The Bertz CT molecular complexity index is 699. The van der Waals surface area contributed by atoms with Crippen LogP contribution in [0.1, 0.15) is 17.0 Å². The highest BCUT2D eigenvalue weighted by atomic mass is 35.5. The minimum Gasteiger partial charge on any atom is -0.496 e. The number of pyridine rings is 1. The molecule has 0 aliphatic rings. The molecule has 1 amide bonds. The zero-order valence-corrected chi connectivity index (χ0v) is 13.2. The van der Waals surface area contributed by atoms with Gasteiger partial charge in [-0.15, -0.1) is 0 Å². The number of nitrogens with zero attached hydrogens (tertiary/aromatic N) is 1. The van der Waals surface area contributed by atoms with Crippen molar-refractivity contribution in [3.63, 3.8) is 0 Å². The van der Waals surface area contributed by atoms with Gasteiger partial charge in [-0.3, -0.25) is 9.78 Å². The highest BCUT2D eigenvalue weighted by molar-refractivity contribution is 6.30. The van der Waals surface area contributed by atoms with E-state index in [-0.39, 0.29) is 5.91 Å². The lowest BCUT2D eigenvalue weighted by molar-refractivity contribution is -0.116. The van der Waals surface area contributed by atoms with Crippen molar-refractivity contribution >= 4 is 23.6 Å². The van der Waals surface area contributed by atoms with Crippen LogP contribution in [0.5, 0.6) is 5.75 Å². The number of ether oxygens (including phenoxy) is 1. The Labute approximate surface area is 134 Å². The molecule has 0 radical (unpaired) electrons. The van der Waals surface area contributed by atoms with Gasteiger partial charge < -0.3 is 10.1 Å². The monoisotopic (exact) mass is 316 g/mol. The number of carbonyl (C=O) groups is 1. The molecule has 5 heteroatoms. The Balaban J connectivity index is 1.98. The van der Waals surface area contributed by atoms with Gasteiger partial charge in [0.1, 0.15) is 5.75 Å². The van der Waals surface area contributed by atoms with E-state index in [4.69, 9.17) is 16.3 Å². The number of carbonyl (C=O) groups excluding carboxylic acids is 1. The first kappa shape index (κ1) is 16.0. The molecule has 4 nitrogen and oxygen atoms in total. The number of halogens is 1. The predicted octanol–water partition coefficient (Wildman–Crippen LogP) is 3.38. The zero-order chi connectivity index (χ0) is 15.9. The van der Waals surface area contributed by atoms with Crippen LogP contribution < -0.4 is 10.1 Å². The molecule has 0 aliphatic heterocycles. The first-order valence-corrected chi connectivity index (χ1v) is 7.18. The van der Waals surface area contributed by atoms with Crippen LogP contribution in [0.4, 0.5) is 0 Å². The first-order valence-electron chi connectivity index (χ1n) is 6.80. The summed E-state index contributed by atoms with van der Waals surface area (Å²) in [5.41, 5.74) is 2.49. The topological polar surface area (TPSA) is 51.2 Å². The predicted molar refractivity (Wildman–Crippen MR) is 87.9 cm³/mol. The van der Waals surface area contributed by atoms with Crippen molar-refractivity contribution in [3.8, 4) is 5.75 Å². The number of benzene rings is 1. The number of amides is 1. The second-order valence-corrected chi connectivity index (χ2v) is 5.14. The van der Waals surface area contributed by atoms with Gasteiger partial charge in [0.15, 0.2) is 0 Å². The maximum atomic E-state index is 11.9. The normalized spacial score (nSPS) is 10.7. The molecular formula is C17H17ClN2O2. The maximum absolute atomic E-state index is 11.9. The summed E-state index contributed by atoms with van der Waals surface area (Å²) in [6, 6.07) is 10.9. The number of aryl methyl sites for hydroxylation is 1. The molecule has 0 spiro atoms. The molecule has 1 N–H and O–H groups in total. The van der Waals surface area contributed by atoms with Crippen LogP contribution in [-0.4, -0.2) is 18.0 Å². The third-order valence-corrected chi connectivity index (χ3v) is 3.23. The van der Waals surface area contributed by atoms with Crippen molar-refractivity contribution in [1.82, 2.24) is 10.3 Å². The van der Waals surface area contributed by atoms with Gasteiger partial charge in [0.05, 0.1) is 19.3 Å². The van der Waals surface area contributed by atoms with Gasteiger partial charge >= 0.3 is 0 Å². The summed E-state index contributed by atoms with van der Waals surface area (Å²) in [7, 11) is 1.57. The third-order valence-electron chi connectivity index (χ3n) is 3.00. The SMILES string of the molecule is COc1ccc(Cl)cc1C=CC(=O)NCc1cccc(C)n1. The van der Waals surface area contributed by atoms with Crippen molar-refractivity contribution in [3.05, 3.63) is 64.4 Å². The molecule has 1 aromatic carbocycles. The van der Waals surface area contributed by atoms with Gasteiger partial charge in [0.2, 0.25) is 5.91 Å². The lowest BCUT2D eigenvalue weighted by Gasteiger charge is -2.05. The smallest absolute Gasteiger partial charge is 0.244 e. The summed E-state index contributed by atoms with van der Waals surface area (Å²) in [4.78, 5) is 16.2. The molecule has 0 bridgehead atoms. The largest absolute Gasteiger partial charge is 0.496 e. The fourth-order valence-corrected chi connectivity index (χ4v) is 2.12. The molecule has 114 valence electrons. The summed E-state index contributed by atoms with van der Waals surface area (Å²) in [6.07, 6.45) is 3.12. The summed E-state index contributed by atoms with van der Waals surface area (Å²) in [6.45, 7) is 2.30. The molecule has 2 aromatic rings. The number of rotatable bonds is 5. The Morgan fingerprint density at radius 2 is 2.18 bits per heavy atom. The van der Waals surface area contributed by atoms with E-state index in [2.05, 4.69) is 10.3 Å². The molecule has 0 aliphatic carbocycles. The van der Waals surface area contributed by atoms with E-state index in [1.807, 2.05) is 25.1 Å². The van der Waals surface area contributed by atoms with Gasteiger partial charge in [-0.25, -0.2) is 0 Å². The summed E-state index contributed by atoms with van der Waals surface area (Å²) >= 11 is 5.95. The molecular weight excluding hydrogens is 300 g/mol. The number of hydrogen-bond donors (Lipinski definition) is 1. The van der Waals surface area contributed by atoms with Gasteiger partial charge in [0, 0.05) is 22.4 Å². The van der Waals surface area contributed by atoms with Crippen LogP contribution in [0.3, 0.4) is 0 Å². The van der Waals surface area contributed by atoms with Crippen LogP contribution in [0.15, 0.2) is 42.5 Å². The van der Waals surface area contributed by atoms with Crippen molar-refractivity contribution < 1.29 is 9.53 Å². The van der Waals surface area contributed by atoms with Gasteiger partial charge in [-0.05, 0) is 43.3 Å². The Hall–Kier alpha value is -2.33. The van der Waals surface area contributed by atoms with Crippen molar-refractivity contribution in [2.75, 3.05) is 7.11 Å². The fourth-order valence-electron chi connectivity index (χ4n) is 1.94. The molecule has 0 saturated heterocycles. The van der Waals surface area contributed by atoms with Crippen LogP contribution in [0.2, 0.25) is 5.02 Å². The number of nitrogens with one attached hydrogen (secondary N) is 1. The lowest BCUT2D eigenvalue weighted by atomic mass is 10.2. The van der Waals surface area contributed by atoms with E-state index < -0.39 is 0 Å². The molecule has 0 saturated carbocycles. The van der Waals surface area contributed by atoms with Crippen LogP contribution in [0, 0.1) is 6.92 Å². The van der Waals surface area contributed by atoms with Crippen molar-refractivity contribution in [1.29, 1.82) is 0 Å². The molecule has 2 rings (SSSR count). The van der Waals surface area contributed by atoms with E-state index >= 15 is 0 Å².